The first-order chi connectivity index (χ1) is 9.08. The number of nitrogens with zero attached hydrogens (tertiary/aromatic N) is 1. The fourth-order valence-corrected chi connectivity index (χ4v) is 4.41. The molecule has 108 valence electrons. The summed E-state index contributed by atoms with van der Waals surface area (Å²) >= 11 is 0. The molecule has 0 amide bonds. The van der Waals surface area contributed by atoms with Crippen LogP contribution in [-0.4, -0.2) is 46.8 Å². The fourth-order valence-electron chi connectivity index (χ4n) is 4.41. The molecule has 0 saturated carbocycles. The molecule has 1 N–H and O–H groups in total. The first-order valence-corrected chi connectivity index (χ1v) is 7.69. The molecular weight excluding hydrogens is 242 g/mol. The smallest absolute Gasteiger partial charge is 0.308 e. The molecule has 3 rings (SSSR count). The number of aliphatic carboxylic acids is 1. The van der Waals surface area contributed by atoms with E-state index in [-0.39, 0.29) is 5.92 Å². The first-order valence-electron chi connectivity index (χ1n) is 7.69. The molecule has 3 heterocycles. The predicted octanol–water partition coefficient (Wildman–Crippen LogP) is 2.13. The molecule has 0 aromatic rings. The minimum atomic E-state index is -0.593. The molecule has 0 aromatic heterocycles. The molecule has 19 heavy (non-hydrogen) atoms. The van der Waals surface area contributed by atoms with Crippen molar-refractivity contribution in [1.82, 2.24) is 4.90 Å². The number of rotatable bonds is 3. The molecule has 0 radical (unpaired) electrons. The van der Waals surface area contributed by atoms with E-state index in [9.17, 15) is 9.90 Å². The second-order valence-corrected chi connectivity index (χ2v) is 6.76. The Hall–Kier alpha value is -0.610. The van der Waals surface area contributed by atoms with Gasteiger partial charge in [0.2, 0.25) is 0 Å². The Kier molecular flexibility index (Phi) is 3.56. The largest absolute Gasteiger partial charge is 0.481 e. The molecule has 0 aliphatic carbocycles. The van der Waals surface area contributed by atoms with Gasteiger partial charge in [-0.15, -0.1) is 0 Å². The standard InChI is InChI=1S/C15H25NO3/c1-9(2)14-8-11(5-6-19-14)16-10-3-4-13(16)12(7-10)15(17)18/h9-14H,3-8H2,1-2H3,(H,17,18). The van der Waals surface area contributed by atoms with Crippen LogP contribution in [0.3, 0.4) is 0 Å². The van der Waals surface area contributed by atoms with Gasteiger partial charge < -0.3 is 9.84 Å². The molecular formula is C15H25NO3. The number of carbonyl (C=O) groups is 1. The Balaban J connectivity index is 1.71. The van der Waals surface area contributed by atoms with Crippen molar-refractivity contribution in [2.75, 3.05) is 6.61 Å². The second kappa shape index (κ2) is 5.06. The summed E-state index contributed by atoms with van der Waals surface area (Å²) in [6, 6.07) is 1.35. The average molecular weight is 267 g/mol. The lowest BCUT2D eigenvalue weighted by Crippen LogP contribution is -2.47. The van der Waals surface area contributed by atoms with Gasteiger partial charge in [0.05, 0.1) is 12.0 Å². The maximum atomic E-state index is 11.3. The Morgan fingerprint density at radius 1 is 1.21 bits per heavy atom. The molecule has 5 atom stereocenters. The minimum Gasteiger partial charge on any atom is -0.481 e. The highest BCUT2D eigenvalue weighted by molar-refractivity contribution is 5.71. The van der Waals surface area contributed by atoms with Crippen LogP contribution in [0.25, 0.3) is 0 Å². The SMILES string of the molecule is CC(C)C1CC(N2C3CCC2C(C(=O)O)C3)CCO1. The zero-order chi connectivity index (χ0) is 13.6. The molecule has 0 aromatic carbocycles. The number of hydrogen-bond acceptors (Lipinski definition) is 3. The third-order valence-corrected chi connectivity index (χ3v) is 5.36. The van der Waals surface area contributed by atoms with Crippen LogP contribution in [0.1, 0.15) is 46.0 Å². The van der Waals surface area contributed by atoms with Crippen LogP contribution in [0.4, 0.5) is 0 Å². The van der Waals surface area contributed by atoms with Gasteiger partial charge in [0, 0.05) is 24.7 Å². The monoisotopic (exact) mass is 267 g/mol. The Labute approximate surface area is 115 Å². The van der Waals surface area contributed by atoms with Crippen molar-refractivity contribution in [3.8, 4) is 0 Å². The summed E-state index contributed by atoms with van der Waals surface area (Å²) in [6.45, 7) is 5.26. The van der Waals surface area contributed by atoms with Gasteiger partial charge in [-0.25, -0.2) is 0 Å². The van der Waals surface area contributed by atoms with Gasteiger partial charge in [0.15, 0.2) is 0 Å². The van der Waals surface area contributed by atoms with E-state index >= 15 is 0 Å². The van der Waals surface area contributed by atoms with Crippen LogP contribution in [-0.2, 0) is 9.53 Å². The van der Waals surface area contributed by atoms with Crippen LogP contribution in [0.15, 0.2) is 0 Å². The van der Waals surface area contributed by atoms with E-state index in [4.69, 9.17) is 4.74 Å². The van der Waals surface area contributed by atoms with E-state index < -0.39 is 5.97 Å². The predicted molar refractivity (Wildman–Crippen MR) is 72.0 cm³/mol. The van der Waals surface area contributed by atoms with Crippen molar-refractivity contribution in [2.45, 2.75) is 70.2 Å². The number of ether oxygens (including phenoxy) is 1. The van der Waals surface area contributed by atoms with Crippen molar-refractivity contribution in [1.29, 1.82) is 0 Å². The highest BCUT2D eigenvalue weighted by atomic mass is 16.5. The summed E-state index contributed by atoms with van der Waals surface area (Å²) in [4.78, 5) is 13.9. The van der Waals surface area contributed by atoms with E-state index in [0.29, 0.717) is 30.1 Å². The zero-order valence-electron chi connectivity index (χ0n) is 11.9. The normalized spacial score (nSPS) is 43.0. The van der Waals surface area contributed by atoms with Gasteiger partial charge >= 0.3 is 5.97 Å². The molecule has 3 aliphatic heterocycles. The van der Waals surface area contributed by atoms with Crippen LogP contribution >= 0.6 is 0 Å². The zero-order valence-corrected chi connectivity index (χ0v) is 11.9. The van der Waals surface area contributed by atoms with E-state index in [1.165, 1.54) is 6.42 Å². The number of carboxylic acids is 1. The first kappa shape index (κ1) is 13.4. The highest BCUT2D eigenvalue weighted by Crippen LogP contribution is 2.45. The molecule has 4 nitrogen and oxygen atoms in total. The van der Waals surface area contributed by atoms with Crippen LogP contribution in [0.2, 0.25) is 0 Å². The summed E-state index contributed by atoms with van der Waals surface area (Å²) in [5, 5.41) is 9.34. The van der Waals surface area contributed by atoms with Gasteiger partial charge in [0.1, 0.15) is 0 Å². The van der Waals surface area contributed by atoms with Crippen LogP contribution < -0.4 is 0 Å². The number of hydrogen-bond donors (Lipinski definition) is 1. The highest BCUT2D eigenvalue weighted by Gasteiger charge is 2.52. The summed E-state index contributed by atoms with van der Waals surface area (Å²) < 4.78 is 5.85. The summed E-state index contributed by atoms with van der Waals surface area (Å²) in [5.74, 6) is -0.165. The van der Waals surface area contributed by atoms with Crippen LogP contribution in [0.5, 0.6) is 0 Å². The molecule has 3 saturated heterocycles. The van der Waals surface area contributed by atoms with Crippen molar-refractivity contribution in [3.05, 3.63) is 0 Å². The lowest BCUT2D eigenvalue weighted by Gasteiger charge is -2.39. The van der Waals surface area contributed by atoms with E-state index in [0.717, 1.165) is 32.3 Å². The van der Waals surface area contributed by atoms with Gasteiger partial charge in [-0.2, -0.15) is 0 Å². The Morgan fingerprint density at radius 3 is 2.58 bits per heavy atom. The van der Waals surface area contributed by atoms with Gasteiger partial charge in [-0.1, -0.05) is 13.8 Å². The maximum Gasteiger partial charge on any atom is 0.308 e. The number of fused-ring (bicyclic) bond motifs is 2. The summed E-state index contributed by atoms with van der Waals surface area (Å²) in [5.41, 5.74) is 0. The minimum absolute atomic E-state index is 0.126. The number of carboxylic acid groups (broad SMARTS) is 1. The van der Waals surface area contributed by atoms with Gasteiger partial charge in [-0.05, 0) is 38.0 Å². The van der Waals surface area contributed by atoms with Gasteiger partial charge in [-0.3, -0.25) is 9.69 Å². The molecule has 2 bridgehead atoms. The van der Waals surface area contributed by atoms with Gasteiger partial charge in [0.25, 0.3) is 0 Å². The van der Waals surface area contributed by atoms with Crippen molar-refractivity contribution in [2.24, 2.45) is 11.8 Å². The molecule has 0 spiro atoms. The second-order valence-electron chi connectivity index (χ2n) is 6.76. The van der Waals surface area contributed by atoms with E-state index in [2.05, 4.69) is 18.7 Å². The molecule has 3 fully saturated rings. The molecule has 3 aliphatic rings. The van der Waals surface area contributed by atoms with E-state index in [1.54, 1.807) is 0 Å². The van der Waals surface area contributed by atoms with Crippen molar-refractivity contribution in [3.63, 3.8) is 0 Å². The Morgan fingerprint density at radius 2 is 1.95 bits per heavy atom. The molecule has 5 unspecified atom stereocenters. The molecule has 4 heteroatoms. The maximum absolute atomic E-state index is 11.3. The average Bonchev–Trinajstić information content (AvgIpc) is 2.96. The third-order valence-electron chi connectivity index (χ3n) is 5.36. The summed E-state index contributed by atoms with van der Waals surface area (Å²) in [7, 11) is 0. The summed E-state index contributed by atoms with van der Waals surface area (Å²) in [6.07, 6.45) is 5.63. The quantitative estimate of drug-likeness (QED) is 0.851. The fraction of sp³-hybridized carbons (Fsp3) is 0.933. The topological polar surface area (TPSA) is 49.8 Å². The van der Waals surface area contributed by atoms with E-state index in [1.807, 2.05) is 0 Å². The van der Waals surface area contributed by atoms with Crippen molar-refractivity contribution >= 4 is 5.97 Å². The van der Waals surface area contributed by atoms with Crippen molar-refractivity contribution < 1.29 is 14.6 Å². The lowest BCUT2D eigenvalue weighted by atomic mass is 9.89. The Bertz CT molecular complexity index is 357. The van der Waals surface area contributed by atoms with Crippen LogP contribution in [0, 0.1) is 11.8 Å². The third kappa shape index (κ3) is 2.29. The lowest BCUT2D eigenvalue weighted by molar-refractivity contribution is -0.143.